The van der Waals surface area contributed by atoms with E-state index >= 15 is 0 Å². The predicted octanol–water partition coefficient (Wildman–Crippen LogP) is 1.57. The van der Waals surface area contributed by atoms with E-state index in [1.807, 2.05) is 18.2 Å². The third-order valence-corrected chi connectivity index (χ3v) is 2.66. The zero-order chi connectivity index (χ0) is 13.5. The Morgan fingerprint density at radius 1 is 1.21 bits per heavy atom. The highest BCUT2D eigenvalue weighted by atomic mass is 16.5. The first-order valence-electron chi connectivity index (χ1n) is 6.09. The fourth-order valence-corrected chi connectivity index (χ4v) is 1.72. The molecule has 1 aromatic carbocycles. The lowest BCUT2D eigenvalue weighted by molar-refractivity contribution is 0.292. The van der Waals surface area contributed by atoms with Gasteiger partial charge in [0.05, 0.1) is 7.11 Å². The molecule has 0 radical (unpaired) electrons. The summed E-state index contributed by atoms with van der Waals surface area (Å²) in [6.45, 7) is 0.899. The van der Waals surface area contributed by atoms with Gasteiger partial charge in [0.25, 0.3) is 0 Å². The smallest absolute Gasteiger partial charge is 0.166 e. The fourth-order valence-electron chi connectivity index (χ4n) is 1.72. The number of ether oxygens (including phenoxy) is 2. The van der Waals surface area contributed by atoms with E-state index in [1.54, 1.807) is 25.6 Å². The second-order valence-corrected chi connectivity index (χ2v) is 3.97. The van der Waals surface area contributed by atoms with Gasteiger partial charge in [-0.1, -0.05) is 0 Å². The second-order valence-electron chi connectivity index (χ2n) is 3.97. The van der Waals surface area contributed by atoms with Crippen molar-refractivity contribution >= 4 is 0 Å². The average Bonchev–Trinajstić information content (AvgIpc) is 2.47. The number of benzene rings is 1. The van der Waals surface area contributed by atoms with Crippen molar-refractivity contribution in [2.24, 2.45) is 5.73 Å². The van der Waals surface area contributed by atoms with E-state index in [0.717, 1.165) is 23.5 Å². The van der Waals surface area contributed by atoms with Crippen LogP contribution >= 0.6 is 0 Å². The maximum Gasteiger partial charge on any atom is 0.166 e. The fraction of sp³-hybridized carbons (Fsp3) is 0.286. The quantitative estimate of drug-likeness (QED) is 0.852. The highest BCUT2D eigenvalue weighted by Gasteiger charge is 2.06. The molecule has 19 heavy (non-hydrogen) atoms. The molecule has 0 atom stereocenters. The Kier molecular flexibility index (Phi) is 4.69. The molecular weight excluding hydrogens is 242 g/mol. The molecule has 0 aliphatic carbocycles. The van der Waals surface area contributed by atoms with Crippen molar-refractivity contribution in [2.45, 2.75) is 13.0 Å². The lowest BCUT2D eigenvalue weighted by atomic mass is 10.1. The van der Waals surface area contributed by atoms with Crippen molar-refractivity contribution in [3.8, 4) is 11.5 Å². The Morgan fingerprint density at radius 2 is 2.00 bits per heavy atom. The number of rotatable bonds is 6. The summed E-state index contributed by atoms with van der Waals surface area (Å²) < 4.78 is 10.9. The number of methoxy groups -OCH3 is 1. The lowest BCUT2D eigenvalue weighted by Gasteiger charge is -2.11. The molecule has 0 bridgehead atoms. The molecule has 5 nitrogen and oxygen atoms in total. The maximum absolute atomic E-state index is 5.74. The van der Waals surface area contributed by atoms with E-state index < -0.39 is 0 Å². The highest BCUT2D eigenvalue weighted by molar-refractivity contribution is 5.40. The summed E-state index contributed by atoms with van der Waals surface area (Å²) in [4.78, 5) is 8.24. The SMILES string of the molecule is COc1ccc(OCc2ncccn2)c(CCN)c1. The monoisotopic (exact) mass is 259 g/mol. The minimum atomic E-state index is 0.338. The standard InChI is InChI=1S/C14H17N3O2/c1-18-12-3-4-13(11(9-12)5-6-15)19-10-14-16-7-2-8-17-14/h2-4,7-9H,5-6,10,15H2,1H3. The number of nitrogens with two attached hydrogens (primary N) is 1. The van der Waals surface area contributed by atoms with Crippen LogP contribution in [0.2, 0.25) is 0 Å². The molecule has 0 amide bonds. The van der Waals surface area contributed by atoms with Crippen LogP contribution in [0.5, 0.6) is 11.5 Å². The van der Waals surface area contributed by atoms with Gasteiger partial charge < -0.3 is 15.2 Å². The van der Waals surface area contributed by atoms with Gasteiger partial charge >= 0.3 is 0 Å². The molecule has 1 aromatic heterocycles. The molecular formula is C14H17N3O2. The van der Waals surface area contributed by atoms with E-state index in [4.69, 9.17) is 15.2 Å². The van der Waals surface area contributed by atoms with Gasteiger partial charge in [-0.05, 0) is 42.8 Å². The molecule has 5 heteroatoms. The maximum atomic E-state index is 5.74. The molecule has 0 fully saturated rings. The summed E-state index contributed by atoms with van der Waals surface area (Å²) in [5.74, 6) is 2.24. The normalized spacial score (nSPS) is 10.2. The van der Waals surface area contributed by atoms with Gasteiger partial charge in [0.15, 0.2) is 5.82 Å². The van der Waals surface area contributed by atoms with Gasteiger partial charge in [-0.3, -0.25) is 0 Å². The van der Waals surface area contributed by atoms with Crippen LogP contribution < -0.4 is 15.2 Å². The van der Waals surface area contributed by atoms with Crippen LogP contribution in [-0.4, -0.2) is 23.6 Å². The van der Waals surface area contributed by atoms with Crippen molar-refractivity contribution in [1.29, 1.82) is 0 Å². The summed E-state index contributed by atoms with van der Waals surface area (Å²) >= 11 is 0. The summed E-state index contributed by atoms with van der Waals surface area (Å²) in [7, 11) is 1.64. The van der Waals surface area contributed by atoms with E-state index in [9.17, 15) is 0 Å². The largest absolute Gasteiger partial charge is 0.497 e. The Morgan fingerprint density at radius 3 is 2.68 bits per heavy atom. The molecule has 0 unspecified atom stereocenters. The first-order chi connectivity index (χ1) is 9.33. The summed E-state index contributed by atoms with van der Waals surface area (Å²) in [6.07, 6.45) is 4.13. The Hall–Kier alpha value is -2.14. The Labute approximate surface area is 112 Å². The van der Waals surface area contributed by atoms with Crippen molar-refractivity contribution < 1.29 is 9.47 Å². The number of nitrogens with zero attached hydrogens (tertiary/aromatic N) is 2. The van der Waals surface area contributed by atoms with Gasteiger partial charge in [-0.2, -0.15) is 0 Å². The van der Waals surface area contributed by atoms with Crippen LogP contribution in [0.1, 0.15) is 11.4 Å². The summed E-state index contributed by atoms with van der Waals surface area (Å²) in [5.41, 5.74) is 6.63. The summed E-state index contributed by atoms with van der Waals surface area (Å²) in [5, 5.41) is 0. The molecule has 0 saturated heterocycles. The number of hydrogen-bond donors (Lipinski definition) is 1. The van der Waals surface area contributed by atoms with Gasteiger partial charge in [-0.15, -0.1) is 0 Å². The Bertz CT molecular complexity index is 517. The van der Waals surface area contributed by atoms with E-state index in [0.29, 0.717) is 19.0 Å². The van der Waals surface area contributed by atoms with Gasteiger partial charge in [0.2, 0.25) is 0 Å². The van der Waals surface area contributed by atoms with Crippen LogP contribution in [-0.2, 0) is 13.0 Å². The highest BCUT2D eigenvalue weighted by Crippen LogP contribution is 2.25. The van der Waals surface area contributed by atoms with E-state index in [-0.39, 0.29) is 0 Å². The zero-order valence-electron chi connectivity index (χ0n) is 10.9. The van der Waals surface area contributed by atoms with Crippen molar-refractivity contribution in [3.05, 3.63) is 48.0 Å². The Balaban J connectivity index is 2.10. The third kappa shape index (κ3) is 3.66. The minimum absolute atomic E-state index is 0.338. The lowest BCUT2D eigenvalue weighted by Crippen LogP contribution is -2.07. The van der Waals surface area contributed by atoms with Gasteiger partial charge in [0.1, 0.15) is 18.1 Å². The molecule has 2 aromatic rings. The van der Waals surface area contributed by atoms with E-state index in [2.05, 4.69) is 9.97 Å². The molecule has 100 valence electrons. The zero-order valence-corrected chi connectivity index (χ0v) is 10.9. The summed E-state index contributed by atoms with van der Waals surface area (Å²) in [6, 6.07) is 7.46. The molecule has 1 heterocycles. The first kappa shape index (κ1) is 13.3. The molecule has 0 aliphatic heterocycles. The van der Waals surface area contributed by atoms with Crippen LogP contribution in [0, 0.1) is 0 Å². The number of hydrogen-bond acceptors (Lipinski definition) is 5. The predicted molar refractivity (Wildman–Crippen MR) is 72.1 cm³/mol. The van der Waals surface area contributed by atoms with Crippen molar-refractivity contribution in [1.82, 2.24) is 9.97 Å². The van der Waals surface area contributed by atoms with Gasteiger partial charge in [-0.25, -0.2) is 9.97 Å². The van der Waals surface area contributed by atoms with Gasteiger partial charge in [0, 0.05) is 12.4 Å². The van der Waals surface area contributed by atoms with E-state index in [1.165, 1.54) is 0 Å². The molecule has 0 spiro atoms. The van der Waals surface area contributed by atoms with Crippen molar-refractivity contribution in [2.75, 3.05) is 13.7 Å². The molecule has 2 N–H and O–H groups in total. The van der Waals surface area contributed by atoms with Crippen LogP contribution in [0.4, 0.5) is 0 Å². The molecule has 0 aliphatic rings. The first-order valence-corrected chi connectivity index (χ1v) is 6.09. The third-order valence-electron chi connectivity index (χ3n) is 2.66. The average molecular weight is 259 g/mol. The molecule has 2 rings (SSSR count). The molecule has 0 saturated carbocycles. The minimum Gasteiger partial charge on any atom is -0.497 e. The van der Waals surface area contributed by atoms with Crippen LogP contribution in [0.3, 0.4) is 0 Å². The number of aromatic nitrogens is 2. The second kappa shape index (κ2) is 6.70. The van der Waals surface area contributed by atoms with Crippen LogP contribution in [0.15, 0.2) is 36.7 Å². The van der Waals surface area contributed by atoms with Crippen molar-refractivity contribution in [3.63, 3.8) is 0 Å². The van der Waals surface area contributed by atoms with Crippen LogP contribution in [0.25, 0.3) is 0 Å². The topological polar surface area (TPSA) is 70.3 Å².